The van der Waals surface area contributed by atoms with Crippen molar-refractivity contribution in [2.75, 3.05) is 13.2 Å². The van der Waals surface area contributed by atoms with Crippen LogP contribution in [0.25, 0.3) is 0 Å². The SMILES string of the molecule is O=C(O)CCCCCCCCCCCC(=O)OCC1CO1. The molecule has 1 fully saturated rings. The molecule has 0 aromatic carbocycles. The molecule has 5 nitrogen and oxygen atoms in total. The zero-order valence-corrected chi connectivity index (χ0v) is 12.8. The topological polar surface area (TPSA) is 76.1 Å². The average Bonchev–Trinajstić information content (AvgIpc) is 3.26. The molecule has 0 aliphatic carbocycles. The molecule has 122 valence electrons. The summed E-state index contributed by atoms with van der Waals surface area (Å²) in [6.45, 7) is 1.14. The van der Waals surface area contributed by atoms with Crippen LogP contribution < -0.4 is 0 Å². The van der Waals surface area contributed by atoms with E-state index in [1.807, 2.05) is 0 Å². The van der Waals surface area contributed by atoms with E-state index in [0.717, 1.165) is 45.1 Å². The van der Waals surface area contributed by atoms with Crippen LogP contribution in [0.15, 0.2) is 0 Å². The number of carbonyl (C=O) groups excluding carboxylic acids is 1. The second-order valence-corrected chi connectivity index (χ2v) is 5.71. The Bertz CT molecular complexity index is 299. The number of carboxylic acids is 1. The summed E-state index contributed by atoms with van der Waals surface area (Å²) >= 11 is 0. The Labute approximate surface area is 127 Å². The maximum Gasteiger partial charge on any atom is 0.305 e. The van der Waals surface area contributed by atoms with Crippen molar-refractivity contribution in [1.29, 1.82) is 0 Å². The van der Waals surface area contributed by atoms with Crippen LogP contribution in [0.3, 0.4) is 0 Å². The van der Waals surface area contributed by atoms with Crippen molar-refractivity contribution in [3.63, 3.8) is 0 Å². The summed E-state index contributed by atoms with van der Waals surface area (Å²) in [7, 11) is 0. The maximum atomic E-state index is 11.3. The van der Waals surface area contributed by atoms with Crippen molar-refractivity contribution in [3.8, 4) is 0 Å². The van der Waals surface area contributed by atoms with E-state index >= 15 is 0 Å². The number of epoxide rings is 1. The summed E-state index contributed by atoms with van der Waals surface area (Å²) in [6.07, 6.45) is 10.6. The Balaban J connectivity index is 1.71. The normalized spacial score (nSPS) is 16.7. The van der Waals surface area contributed by atoms with Crippen molar-refractivity contribution in [2.24, 2.45) is 0 Å². The van der Waals surface area contributed by atoms with E-state index < -0.39 is 5.97 Å². The summed E-state index contributed by atoms with van der Waals surface area (Å²) in [5.41, 5.74) is 0. The fourth-order valence-corrected chi connectivity index (χ4v) is 2.21. The Morgan fingerprint density at radius 1 is 0.905 bits per heavy atom. The van der Waals surface area contributed by atoms with E-state index in [9.17, 15) is 9.59 Å². The Kier molecular flexibility index (Phi) is 9.87. The number of hydrogen-bond donors (Lipinski definition) is 1. The van der Waals surface area contributed by atoms with Gasteiger partial charge in [-0.05, 0) is 12.8 Å². The molecule has 1 N–H and O–H groups in total. The van der Waals surface area contributed by atoms with Gasteiger partial charge in [-0.25, -0.2) is 0 Å². The molecular weight excluding hydrogens is 272 g/mol. The van der Waals surface area contributed by atoms with Gasteiger partial charge in [0, 0.05) is 12.8 Å². The second-order valence-electron chi connectivity index (χ2n) is 5.71. The van der Waals surface area contributed by atoms with Crippen LogP contribution in [-0.2, 0) is 19.1 Å². The Hall–Kier alpha value is -1.10. The molecule has 1 aliphatic rings. The van der Waals surface area contributed by atoms with E-state index in [2.05, 4.69) is 0 Å². The molecule has 0 aromatic heterocycles. The van der Waals surface area contributed by atoms with Gasteiger partial charge in [0.15, 0.2) is 0 Å². The second kappa shape index (κ2) is 11.5. The molecule has 5 heteroatoms. The minimum Gasteiger partial charge on any atom is -0.481 e. The smallest absolute Gasteiger partial charge is 0.305 e. The van der Waals surface area contributed by atoms with Crippen LogP contribution in [0, 0.1) is 0 Å². The lowest BCUT2D eigenvalue weighted by Gasteiger charge is -2.03. The predicted octanol–water partition coefficient (Wildman–Crippen LogP) is 3.30. The minimum absolute atomic E-state index is 0.107. The molecule has 0 bridgehead atoms. The third-order valence-corrected chi connectivity index (χ3v) is 3.60. The molecule has 1 unspecified atom stereocenters. The number of carboxylic acid groups (broad SMARTS) is 1. The molecule has 0 spiro atoms. The highest BCUT2D eigenvalue weighted by Gasteiger charge is 2.23. The third kappa shape index (κ3) is 12.4. The summed E-state index contributed by atoms with van der Waals surface area (Å²) in [6, 6.07) is 0. The van der Waals surface area contributed by atoms with Crippen LogP contribution in [0.2, 0.25) is 0 Å². The standard InChI is InChI=1S/C16H28O5/c17-15(18)10-8-6-4-2-1-3-5-7-9-11-16(19)21-13-14-12-20-14/h14H,1-13H2,(H,17,18). The quantitative estimate of drug-likeness (QED) is 0.302. The first-order valence-electron chi connectivity index (χ1n) is 8.17. The van der Waals surface area contributed by atoms with Gasteiger partial charge >= 0.3 is 11.9 Å². The molecule has 1 rings (SSSR count). The zero-order valence-electron chi connectivity index (χ0n) is 12.8. The fraction of sp³-hybridized carbons (Fsp3) is 0.875. The first-order valence-corrected chi connectivity index (χ1v) is 8.17. The van der Waals surface area contributed by atoms with Gasteiger partial charge in [0.05, 0.1) is 6.61 Å². The monoisotopic (exact) mass is 300 g/mol. The van der Waals surface area contributed by atoms with Gasteiger partial charge in [-0.3, -0.25) is 9.59 Å². The largest absolute Gasteiger partial charge is 0.481 e. The van der Waals surface area contributed by atoms with E-state index in [4.69, 9.17) is 14.6 Å². The van der Waals surface area contributed by atoms with Gasteiger partial charge in [0.2, 0.25) is 0 Å². The van der Waals surface area contributed by atoms with Crippen molar-refractivity contribution >= 4 is 11.9 Å². The molecule has 21 heavy (non-hydrogen) atoms. The number of hydrogen-bond acceptors (Lipinski definition) is 4. The number of aliphatic carboxylic acids is 1. The van der Waals surface area contributed by atoms with Gasteiger partial charge < -0.3 is 14.6 Å². The summed E-state index contributed by atoms with van der Waals surface area (Å²) in [5.74, 6) is -0.804. The number of carbonyl (C=O) groups is 2. The molecule has 1 saturated heterocycles. The first-order chi connectivity index (χ1) is 10.2. The molecular formula is C16H28O5. The van der Waals surface area contributed by atoms with Crippen molar-refractivity contribution in [2.45, 2.75) is 76.7 Å². The van der Waals surface area contributed by atoms with Crippen LogP contribution in [0.4, 0.5) is 0 Å². The molecule has 1 atom stereocenters. The predicted molar refractivity (Wildman–Crippen MR) is 79.1 cm³/mol. The number of esters is 1. The molecule has 0 radical (unpaired) electrons. The maximum absolute atomic E-state index is 11.3. The van der Waals surface area contributed by atoms with Gasteiger partial charge in [-0.2, -0.15) is 0 Å². The average molecular weight is 300 g/mol. The highest BCUT2D eigenvalue weighted by atomic mass is 16.6. The minimum atomic E-state index is -0.696. The van der Waals surface area contributed by atoms with Gasteiger partial charge in [0.25, 0.3) is 0 Å². The van der Waals surface area contributed by atoms with Gasteiger partial charge in [-0.15, -0.1) is 0 Å². The number of ether oxygens (including phenoxy) is 2. The van der Waals surface area contributed by atoms with Crippen LogP contribution in [0.1, 0.15) is 70.6 Å². The number of unbranched alkanes of at least 4 members (excludes halogenated alkanes) is 8. The van der Waals surface area contributed by atoms with E-state index in [1.165, 1.54) is 19.3 Å². The van der Waals surface area contributed by atoms with Gasteiger partial charge in [0.1, 0.15) is 12.7 Å². The number of rotatable bonds is 14. The van der Waals surface area contributed by atoms with Crippen molar-refractivity contribution < 1.29 is 24.2 Å². The van der Waals surface area contributed by atoms with Crippen molar-refractivity contribution in [1.82, 2.24) is 0 Å². The van der Waals surface area contributed by atoms with E-state index in [0.29, 0.717) is 19.4 Å². The van der Waals surface area contributed by atoms with Crippen LogP contribution in [0.5, 0.6) is 0 Å². The van der Waals surface area contributed by atoms with Crippen molar-refractivity contribution in [3.05, 3.63) is 0 Å². The summed E-state index contributed by atoms with van der Waals surface area (Å²) in [4.78, 5) is 21.7. The van der Waals surface area contributed by atoms with E-state index in [-0.39, 0.29) is 12.1 Å². The third-order valence-electron chi connectivity index (χ3n) is 3.60. The molecule has 0 amide bonds. The summed E-state index contributed by atoms with van der Waals surface area (Å²) < 4.78 is 10.0. The molecule has 1 aliphatic heterocycles. The highest BCUT2D eigenvalue weighted by Crippen LogP contribution is 2.12. The first kappa shape index (κ1) is 18.0. The van der Waals surface area contributed by atoms with Crippen LogP contribution in [-0.4, -0.2) is 36.4 Å². The Morgan fingerprint density at radius 3 is 1.86 bits per heavy atom. The summed E-state index contributed by atoms with van der Waals surface area (Å²) in [5, 5.41) is 8.50. The lowest BCUT2D eigenvalue weighted by Crippen LogP contribution is -2.09. The highest BCUT2D eigenvalue weighted by molar-refractivity contribution is 5.69. The Morgan fingerprint density at radius 2 is 1.38 bits per heavy atom. The lowest BCUT2D eigenvalue weighted by molar-refractivity contribution is -0.144. The molecule has 1 heterocycles. The fourth-order valence-electron chi connectivity index (χ4n) is 2.21. The zero-order chi connectivity index (χ0) is 15.3. The molecule has 0 aromatic rings. The lowest BCUT2D eigenvalue weighted by atomic mass is 10.1. The van der Waals surface area contributed by atoms with E-state index in [1.54, 1.807) is 0 Å². The van der Waals surface area contributed by atoms with Gasteiger partial charge in [-0.1, -0.05) is 44.9 Å². The molecule has 0 saturated carbocycles. The van der Waals surface area contributed by atoms with Crippen LogP contribution >= 0.6 is 0 Å².